The maximum atomic E-state index is 5.74. The topological polar surface area (TPSA) is 36.9 Å². The van der Waals surface area contributed by atoms with Crippen LogP contribution in [-0.2, 0) is 12.8 Å². The first kappa shape index (κ1) is 19.0. The molecule has 2 rings (SSSR count). The van der Waals surface area contributed by atoms with Crippen molar-refractivity contribution >= 4 is 0 Å². The molecule has 4 nitrogen and oxygen atoms in total. The number of ether oxygens (including phenoxy) is 4. The van der Waals surface area contributed by atoms with Crippen molar-refractivity contribution in [1.82, 2.24) is 0 Å². The van der Waals surface area contributed by atoms with Gasteiger partial charge < -0.3 is 18.9 Å². The second kappa shape index (κ2) is 9.82. The number of hydrogen-bond donors (Lipinski definition) is 0. The Bertz CT molecular complexity index is 667. The first-order chi connectivity index (χ1) is 12.2. The first-order valence-electron chi connectivity index (χ1n) is 8.81. The minimum Gasteiger partial charge on any atom is -0.497 e. The summed E-state index contributed by atoms with van der Waals surface area (Å²) in [6.07, 6.45) is 2.96. The van der Waals surface area contributed by atoms with Crippen LogP contribution in [0.3, 0.4) is 0 Å². The van der Waals surface area contributed by atoms with Gasteiger partial charge in [0, 0.05) is 6.07 Å². The molecular formula is C21H28O4. The molecule has 0 N–H and O–H groups in total. The van der Waals surface area contributed by atoms with Crippen molar-refractivity contribution in [3.63, 3.8) is 0 Å². The van der Waals surface area contributed by atoms with Crippen LogP contribution in [0.4, 0.5) is 0 Å². The van der Waals surface area contributed by atoms with E-state index in [0.717, 1.165) is 42.3 Å². The molecule has 2 aromatic rings. The number of benzene rings is 2. The van der Waals surface area contributed by atoms with E-state index in [0.29, 0.717) is 13.2 Å². The van der Waals surface area contributed by atoms with Crippen molar-refractivity contribution in [2.45, 2.75) is 33.1 Å². The molecule has 0 heterocycles. The average molecular weight is 344 g/mol. The average Bonchev–Trinajstić information content (AvgIpc) is 2.64. The fourth-order valence-corrected chi connectivity index (χ4v) is 2.78. The third-order valence-electron chi connectivity index (χ3n) is 4.01. The van der Waals surface area contributed by atoms with Crippen LogP contribution in [0.15, 0.2) is 36.4 Å². The highest BCUT2D eigenvalue weighted by molar-refractivity contribution is 5.43. The van der Waals surface area contributed by atoms with Crippen LogP contribution in [-0.4, -0.2) is 27.4 Å². The third kappa shape index (κ3) is 5.31. The third-order valence-corrected chi connectivity index (χ3v) is 4.01. The number of hydrogen-bond acceptors (Lipinski definition) is 4. The van der Waals surface area contributed by atoms with Crippen molar-refractivity contribution in [1.29, 1.82) is 0 Å². The Morgan fingerprint density at radius 1 is 0.720 bits per heavy atom. The van der Waals surface area contributed by atoms with Crippen LogP contribution >= 0.6 is 0 Å². The van der Waals surface area contributed by atoms with Crippen LogP contribution in [0, 0.1) is 0 Å². The summed E-state index contributed by atoms with van der Waals surface area (Å²) >= 11 is 0. The highest BCUT2D eigenvalue weighted by Gasteiger charge is 2.08. The Labute approximate surface area is 150 Å². The van der Waals surface area contributed by atoms with E-state index < -0.39 is 0 Å². The van der Waals surface area contributed by atoms with Gasteiger partial charge in [-0.1, -0.05) is 12.1 Å². The quantitative estimate of drug-likeness (QED) is 0.627. The molecular weight excluding hydrogens is 316 g/mol. The fourth-order valence-electron chi connectivity index (χ4n) is 2.78. The summed E-state index contributed by atoms with van der Waals surface area (Å²) in [6.45, 7) is 5.25. The molecule has 0 atom stereocenters. The lowest BCUT2D eigenvalue weighted by atomic mass is 10.0. The van der Waals surface area contributed by atoms with Gasteiger partial charge in [-0.3, -0.25) is 0 Å². The van der Waals surface area contributed by atoms with Crippen LogP contribution < -0.4 is 18.9 Å². The summed E-state index contributed by atoms with van der Waals surface area (Å²) in [6, 6.07) is 12.2. The summed E-state index contributed by atoms with van der Waals surface area (Å²) in [4.78, 5) is 0. The van der Waals surface area contributed by atoms with E-state index in [-0.39, 0.29) is 0 Å². The first-order valence-corrected chi connectivity index (χ1v) is 8.81. The zero-order chi connectivity index (χ0) is 18.1. The summed E-state index contributed by atoms with van der Waals surface area (Å²) in [5, 5.41) is 0. The lowest BCUT2D eigenvalue weighted by molar-refractivity contribution is 0.310. The predicted octanol–water partition coefficient (Wildman–Crippen LogP) is 4.68. The molecule has 0 aliphatic carbocycles. The van der Waals surface area contributed by atoms with Crippen molar-refractivity contribution in [3.05, 3.63) is 47.5 Å². The van der Waals surface area contributed by atoms with Crippen LogP contribution in [0.2, 0.25) is 0 Å². The molecule has 136 valence electrons. The standard InChI is InChI=1S/C21H28O4/c1-5-24-19-13-10-16(14-21(19)23-4)8-7-9-17-11-12-18(22-3)15-20(17)25-6-2/h10-15H,5-9H2,1-4H3. The lowest BCUT2D eigenvalue weighted by Crippen LogP contribution is -1.99. The van der Waals surface area contributed by atoms with Gasteiger partial charge in [0.1, 0.15) is 11.5 Å². The molecule has 0 fully saturated rings. The monoisotopic (exact) mass is 344 g/mol. The van der Waals surface area contributed by atoms with E-state index in [1.165, 1.54) is 11.1 Å². The zero-order valence-corrected chi connectivity index (χ0v) is 15.6. The Hall–Kier alpha value is -2.36. The molecule has 0 amide bonds. The summed E-state index contributed by atoms with van der Waals surface area (Å²) < 4.78 is 22.0. The second-order valence-corrected chi connectivity index (χ2v) is 5.68. The van der Waals surface area contributed by atoms with Crippen LogP contribution in [0.5, 0.6) is 23.0 Å². The van der Waals surface area contributed by atoms with E-state index in [2.05, 4.69) is 18.2 Å². The van der Waals surface area contributed by atoms with Gasteiger partial charge in [0.15, 0.2) is 11.5 Å². The molecule has 0 spiro atoms. The van der Waals surface area contributed by atoms with Gasteiger partial charge in [-0.2, -0.15) is 0 Å². The SMILES string of the molecule is CCOc1cc(OC)ccc1CCCc1ccc(OCC)c(OC)c1. The molecule has 0 aliphatic heterocycles. The molecule has 0 bridgehead atoms. The van der Waals surface area contributed by atoms with E-state index in [9.17, 15) is 0 Å². The normalized spacial score (nSPS) is 10.4. The van der Waals surface area contributed by atoms with Gasteiger partial charge in [0.05, 0.1) is 27.4 Å². The van der Waals surface area contributed by atoms with E-state index >= 15 is 0 Å². The van der Waals surface area contributed by atoms with Gasteiger partial charge in [0.2, 0.25) is 0 Å². The minimum absolute atomic E-state index is 0.632. The van der Waals surface area contributed by atoms with Crippen molar-refractivity contribution in [2.24, 2.45) is 0 Å². The molecule has 0 aromatic heterocycles. The Morgan fingerprint density at radius 2 is 1.48 bits per heavy atom. The van der Waals surface area contributed by atoms with Gasteiger partial charge in [0.25, 0.3) is 0 Å². The smallest absolute Gasteiger partial charge is 0.161 e. The highest BCUT2D eigenvalue weighted by atomic mass is 16.5. The largest absolute Gasteiger partial charge is 0.497 e. The second-order valence-electron chi connectivity index (χ2n) is 5.68. The molecule has 25 heavy (non-hydrogen) atoms. The Balaban J connectivity index is 2.00. The summed E-state index contributed by atoms with van der Waals surface area (Å²) in [5.41, 5.74) is 2.45. The molecule has 2 aromatic carbocycles. The van der Waals surface area contributed by atoms with Gasteiger partial charge in [-0.25, -0.2) is 0 Å². The van der Waals surface area contributed by atoms with Crippen molar-refractivity contribution < 1.29 is 18.9 Å². The molecule has 0 unspecified atom stereocenters. The number of rotatable bonds is 10. The molecule has 0 aliphatic rings. The summed E-state index contributed by atoms with van der Waals surface area (Å²) in [5.74, 6) is 3.32. The number of methoxy groups -OCH3 is 2. The molecule has 0 saturated carbocycles. The van der Waals surface area contributed by atoms with E-state index in [1.54, 1.807) is 14.2 Å². The van der Waals surface area contributed by atoms with Crippen molar-refractivity contribution in [3.8, 4) is 23.0 Å². The Morgan fingerprint density at radius 3 is 2.16 bits per heavy atom. The van der Waals surface area contributed by atoms with Crippen LogP contribution in [0.1, 0.15) is 31.4 Å². The minimum atomic E-state index is 0.632. The van der Waals surface area contributed by atoms with Gasteiger partial charge in [-0.05, 0) is 62.4 Å². The molecule has 0 saturated heterocycles. The van der Waals surface area contributed by atoms with Gasteiger partial charge >= 0.3 is 0 Å². The zero-order valence-electron chi connectivity index (χ0n) is 15.6. The molecule has 4 heteroatoms. The van der Waals surface area contributed by atoms with E-state index in [4.69, 9.17) is 18.9 Å². The van der Waals surface area contributed by atoms with Crippen LogP contribution in [0.25, 0.3) is 0 Å². The van der Waals surface area contributed by atoms with Gasteiger partial charge in [-0.15, -0.1) is 0 Å². The molecule has 0 radical (unpaired) electrons. The lowest BCUT2D eigenvalue weighted by Gasteiger charge is -2.13. The maximum absolute atomic E-state index is 5.74. The Kier molecular flexibility index (Phi) is 7.45. The van der Waals surface area contributed by atoms with Crippen molar-refractivity contribution in [2.75, 3.05) is 27.4 Å². The predicted molar refractivity (Wildman–Crippen MR) is 100 cm³/mol. The maximum Gasteiger partial charge on any atom is 0.161 e. The fraction of sp³-hybridized carbons (Fsp3) is 0.429. The van der Waals surface area contributed by atoms with E-state index in [1.807, 2.05) is 32.0 Å². The highest BCUT2D eigenvalue weighted by Crippen LogP contribution is 2.29. The number of aryl methyl sites for hydroxylation is 2. The summed E-state index contributed by atoms with van der Waals surface area (Å²) in [7, 11) is 3.34.